The second kappa shape index (κ2) is 16.8. The zero-order valence-corrected chi connectivity index (χ0v) is 29.5. The van der Waals surface area contributed by atoms with E-state index in [2.05, 4.69) is 40.8 Å². The van der Waals surface area contributed by atoms with Gasteiger partial charge in [0.05, 0.1) is 12.0 Å². The van der Waals surface area contributed by atoms with E-state index in [1.165, 1.54) is 5.56 Å². The molecule has 4 aromatic rings. The number of anilines is 1. The normalized spacial score (nSPS) is 15.6. The Morgan fingerprint density at radius 1 is 0.918 bits per heavy atom. The second-order valence-corrected chi connectivity index (χ2v) is 14.7. The van der Waals surface area contributed by atoms with Crippen LogP contribution in [0.4, 0.5) is 5.69 Å². The predicted molar refractivity (Wildman–Crippen MR) is 200 cm³/mol. The summed E-state index contributed by atoms with van der Waals surface area (Å²) in [4.78, 5) is 27.2. The Balaban J connectivity index is 0.00000541. The topological polar surface area (TPSA) is 102 Å². The fourth-order valence-electron chi connectivity index (χ4n) is 6.55. The van der Waals surface area contributed by atoms with E-state index in [1.807, 2.05) is 80.6 Å². The Morgan fingerprint density at radius 2 is 1.59 bits per heavy atom. The minimum absolute atomic E-state index is 0. The average Bonchev–Trinajstić information content (AvgIpc) is 3.06. The van der Waals surface area contributed by atoms with Gasteiger partial charge in [0.25, 0.3) is 16.9 Å². The van der Waals surface area contributed by atoms with Gasteiger partial charge in [-0.2, -0.15) is 0 Å². The van der Waals surface area contributed by atoms with Gasteiger partial charge in [-0.1, -0.05) is 80.0 Å². The van der Waals surface area contributed by atoms with Crippen LogP contribution in [-0.2, 0) is 25.4 Å². The Morgan fingerprint density at radius 3 is 2.22 bits per heavy atom. The zero-order chi connectivity index (χ0) is 34.5. The van der Waals surface area contributed by atoms with Crippen LogP contribution in [0.3, 0.4) is 0 Å². The van der Waals surface area contributed by atoms with E-state index in [4.69, 9.17) is 11.6 Å². The quantitative estimate of drug-likeness (QED) is 0.0847. The first-order valence-corrected chi connectivity index (χ1v) is 17.8. The van der Waals surface area contributed by atoms with Crippen LogP contribution in [0.2, 0.25) is 5.02 Å². The maximum atomic E-state index is 14.4. The third-order valence-electron chi connectivity index (χ3n) is 9.68. The van der Waals surface area contributed by atoms with Crippen LogP contribution in [0.15, 0.2) is 91.0 Å². The van der Waals surface area contributed by atoms with Gasteiger partial charge in [0.1, 0.15) is 0 Å². The van der Waals surface area contributed by atoms with Crippen LogP contribution in [-0.4, -0.2) is 62.9 Å². The van der Waals surface area contributed by atoms with Crippen molar-refractivity contribution in [2.45, 2.75) is 64.7 Å². The van der Waals surface area contributed by atoms with Crippen molar-refractivity contribution in [3.05, 3.63) is 124 Å². The number of hydrogen-bond donors (Lipinski definition) is 3. The first-order chi connectivity index (χ1) is 22.9. The Bertz CT molecular complexity index is 1840. The third kappa shape index (κ3) is 9.63. The molecule has 0 saturated heterocycles. The molecule has 0 aliphatic heterocycles. The average molecular weight is 711 g/mol. The number of thiol groups is 1. The molecule has 10 heteroatoms. The molecule has 1 unspecified atom stereocenters. The number of carbonyl (C=O) groups excluding carboxylic acids is 2. The molecule has 2 amide bonds. The number of carbonyl (C=O) groups is 2. The summed E-state index contributed by atoms with van der Waals surface area (Å²) in [7, 11) is -2.97. The fraction of sp³-hybridized carbons (Fsp3) is 0.333. The molecular weight excluding hydrogens is 667 g/mol. The van der Waals surface area contributed by atoms with Crippen molar-refractivity contribution in [3.8, 4) is 11.1 Å². The minimum atomic E-state index is -2.97. The molecule has 2 N–H and O–H groups in total. The van der Waals surface area contributed by atoms with E-state index in [-0.39, 0.29) is 54.5 Å². The number of hydrogen-bond acceptors (Lipinski definition) is 5. The summed E-state index contributed by atoms with van der Waals surface area (Å²) in [6, 6.07) is 29.0. The number of benzene rings is 4. The molecule has 1 fully saturated rings. The Labute approximate surface area is 318 Å². The SMILES string of the molecule is Cc1cc(Cl)ccc1-c1ccc(NC(=O)C(C)(c2ccc(C(=O)NCCO[SH](=O)=O)cc2)c2cccc(C3CCC(C)(C)CC3)c2)cc1.[NaH]. The van der Waals surface area contributed by atoms with Crippen molar-refractivity contribution >= 4 is 69.6 Å². The van der Waals surface area contributed by atoms with Crippen LogP contribution < -0.4 is 10.6 Å². The van der Waals surface area contributed by atoms with Gasteiger partial charge in [-0.25, -0.2) is 8.42 Å². The maximum absolute atomic E-state index is 14.4. The molecule has 1 atom stereocenters. The van der Waals surface area contributed by atoms with Gasteiger partial charge in [0.2, 0.25) is 5.91 Å². The van der Waals surface area contributed by atoms with Gasteiger partial charge in [0, 0.05) is 22.8 Å². The second-order valence-electron chi connectivity index (χ2n) is 13.6. The van der Waals surface area contributed by atoms with Crippen molar-refractivity contribution in [3.63, 3.8) is 0 Å². The molecule has 0 heterocycles. The zero-order valence-electron chi connectivity index (χ0n) is 27.8. The standard InChI is InChI=1S/C39H43ClN2O5S.Na.H/c1-26-24-33(40)14-17-35(26)28-10-15-34(16-11-28)42-37(44)39(4,31-12-8-29(9-13-31)36(43)41-22-23-47-48(45)46)32-7-5-6-30(25-32)27-18-20-38(2,3)21-19-27;;/h5-17,24-25,27,48H,18-23H2,1-4H3,(H,41,43)(H,42,44);;. The monoisotopic (exact) mass is 710 g/mol. The number of aryl methyl sites for hydroxylation is 1. The molecule has 49 heavy (non-hydrogen) atoms. The van der Waals surface area contributed by atoms with Gasteiger partial charge in [-0.15, -0.1) is 0 Å². The summed E-state index contributed by atoms with van der Waals surface area (Å²) < 4.78 is 25.8. The Kier molecular flexibility index (Phi) is 13.3. The molecule has 1 aliphatic carbocycles. The molecule has 254 valence electrons. The van der Waals surface area contributed by atoms with Gasteiger partial charge >= 0.3 is 29.6 Å². The summed E-state index contributed by atoms with van der Waals surface area (Å²) in [6.07, 6.45) is 4.55. The first-order valence-electron chi connectivity index (χ1n) is 16.3. The van der Waals surface area contributed by atoms with Crippen LogP contribution in [0, 0.1) is 12.3 Å². The van der Waals surface area contributed by atoms with E-state index in [9.17, 15) is 18.0 Å². The first kappa shape index (κ1) is 38.8. The molecule has 0 aromatic heterocycles. The van der Waals surface area contributed by atoms with E-state index in [0.29, 0.717) is 27.6 Å². The van der Waals surface area contributed by atoms with Gasteiger partial charge in [0.15, 0.2) is 0 Å². The molecule has 4 aromatic carbocycles. The van der Waals surface area contributed by atoms with Crippen molar-refractivity contribution < 1.29 is 22.2 Å². The fourth-order valence-corrected chi connectivity index (χ4v) is 7.01. The van der Waals surface area contributed by atoms with Crippen molar-refractivity contribution in [1.82, 2.24) is 5.32 Å². The van der Waals surface area contributed by atoms with E-state index >= 15 is 0 Å². The summed E-state index contributed by atoms with van der Waals surface area (Å²) in [5.41, 5.74) is 6.33. The summed E-state index contributed by atoms with van der Waals surface area (Å²) in [5.74, 6) is -0.124. The summed E-state index contributed by atoms with van der Waals surface area (Å²) >= 11 is 6.16. The third-order valence-corrected chi connectivity index (χ3v) is 10.3. The van der Waals surface area contributed by atoms with Crippen molar-refractivity contribution in [2.75, 3.05) is 18.5 Å². The van der Waals surface area contributed by atoms with Gasteiger partial charge < -0.3 is 10.6 Å². The Hall–Kier alpha value is -2.98. The number of halogens is 1. The van der Waals surface area contributed by atoms with Gasteiger partial charge in [-0.3, -0.25) is 13.8 Å². The molecule has 7 nitrogen and oxygen atoms in total. The molecule has 0 spiro atoms. The molecule has 5 rings (SSSR count). The summed E-state index contributed by atoms with van der Waals surface area (Å²) in [5, 5.41) is 6.51. The van der Waals surface area contributed by atoms with Crippen molar-refractivity contribution in [1.29, 1.82) is 0 Å². The van der Waals surface area contributed by atoms with Gasteiger partial charge in [-0.05, 0) is 121 Å². The van der Waals surface area contributed by atoms with E-state index in [0.717, 1.165) is 53.5 Å². The molecule has 1 aliphatic rings. The molecule has 0 radical (unpaired) electrons. The number of rotatable bonds is 11. The molecule has 0 bridgehead atoms. The molecular formula is C39H44ClN2NaO5S. The number of nitrogens with one attached hydrogen (secondary N) is 2. The van der Waals surface area contributed by atoms with Crippen LogP contribution >= 0.6 is 11.6 Å². The van der Waals surface area contributed by atoms with E-state index in [1.54, 1.807) is 12.1 Å². The molecule has 1 saturated carbocycles. The van der Waals surface area contributed by atoms with Crippen LogP contribution in [0.25, 0.3) is 11.1 Å². The predicted octanol–water partition coefficient (Wildman–Crippen LogP) is 7.57. The number of amides is 2. The summed E-state index contributed by atoms with van der Waals surface area (Å²) in [6.45, 7) is 8.51. The van der Waals surface area contributed by atoms with E-state index < -0.39 is 16.4 Å². The van der Waals surface area contributed by atoms with Crippen LogP contribution in [0.1, 0.15) is 85.0 Å². The van der Waals surface area contributed by atoms with Crippen LogP contribution in [0.5, 0.6) is 0 Å². The van der Waals surface area contributed by atoms with Crippen molar-refractivity contribution in [2.24, 2.45) is 5.41 Å².